The maximum absolute atomic E-state index is 12.2. The van der Waals surface area contributed by atoms with Gasteiger partial charge in [0, 0.05) is 0 Å². The molecule has 0 bridgehead atoms. The summed E-state index contributed by atoms with van der Waals surface area (Å²) in [5, 5.41) is 3.28. The highest BCUT2D eigenvalue weighted by molar-refractivity contribution is 5.09. The van der Waals surface area contributed by atoms with Gasteiger partial charge in [0.05, 0.1) is 5.54 Å². The highest BCUT2D eigenvalue weighted by Crippen LogP contribution is 2.43. The summed E-state index contributed by atoms with van der Waals surface area (Å²) < 4.78 is 40.6. The third-order valence-electron chi connectivity index (χ3n) is 2.58. The lowest BCUT2D eigenvalue weighted by molar-refractivity contribution is -0.159. The predicted molar refractivity (Wildman–Crippen MR) is 43.6 cm³/mol. The SMILES string of the molecule is CC(N)(c1noc(C(F)(F)F)n1)C1CC1. The number of nitrogens with zero attached hydrogens (tertiary/aromatic N) is 2. The second kappa shape index (κ2) is 2.94. The maximum Gasteiger partial charge on any atom is 0.471 e. The summed E-state index contributed by atoms with van der Waals surface area (Å²) in [5.41, 5.74) is 4.92. The molecule has 0 amide bonds. The van der Waals surface area contributed by atoms with E-state index in [-0.39, 0.29) is 11.7 Å². The fraction of sp³-hybridized carbons (Fsp3) is 0.750. The van der Waals surface area contributed by atoms with Crippen LogP contribution in [0.15, 0.2) is 4.52 Å². The lowest BCUT2D eigenvalue weighted by Crippen LogP contribution is -2.36. The molecule has 0 aromatic carbocycles. The van der Waals surface area contributed by atoms with Gasteiger partial charge in [-0.2, -0.15) is 18.2 Å². The van der Waals surface area contributed by atoms with Crippen LogP contribution in [-0.2, 0) is 11.7 Å². The van der Waals surface area contributed by atoms with Gasteiger partial charge < -0.3 is 10.3 Å². The molecule has 1 aliphatic rings. The Bertz CT molecular complexity index is 367. The molecule has 4 nitrogen and oxygen atoms in total. The number of aromatic nitrogens is 2. The molecule has 0 saturated heterocycles. The Morgan fingerprint density at radius 1 is 1.40 bits per heavy atom. The summed E-state index contributed by atoms with van der Waals surface area (Å²) >= 11 is 0. The Balaban J connectivity index is 2.27. The Kier molecular flexibility index (Phi) is 2.04. The molecule has 84 valence electrons. The lowest BCUT2D eigenvalue weighted by Gasteiger charge is -2.18. The number of rotatable bonds is 2. The normalized spacial score (nSPS) is 21.4. The summed E-state index contributed by atoms with van der Waals surface area (Å²) in [6.07, 6.45) is -2.82. The fourth-order valence-electron chi connectivity index (χ4n) is 1.42. The molecular formula is C8H10F3N3O. The summed E-state index contributed by atoms with van der Waals surface area (Å²) in [6.45, 7) is 1.62. The van der Waals surface area contributed by atoms with Crippen molar-refractivity contribution in [2.24, 2.45) is 11.7 Å². The van der Waals surface area contributed by atoms with Crippen LogP contribution in [0.4, 0.5) is 13.2 Å². The third-order valence-corrected chi connectivity index (χ3v) is 2.58. The summed E-state index contributed by atoms with van der Waals surface area (Å²) in [4.78, 5) is 3.29. The molecule has 15 heavy (non-hydrogen) atoms. The molecule has 1 aromatic rings. The van der Waals surface area contributed by atoms with Gasteiger partial charge in [-0.05, 0) is 25.7 Å². The second-order valence-corrected chi connectivity index (χ2v) is 3.98. The molecule has 1 aliphatic carbocycles. The molecule has 1 fully saturated rings. The van der Waals surface area contributed by atoms with Crippen LogP contribution in [0, 0.1) is 5.92 Å². The van der Waals surface area contributed by atoms with E-state index < -0.39 is 17.6 Å². The highest BCUT2D eigenvalue weighted by Gasteiger charge is 2.46. The van der Waals surface area contributed by atoms with Crippen LogP contribution in [0.5, 0.6) is 0 Å². The molecule has 2 N–H and O–H groups in total. The van der Waals surface area contributed by atoms with Gasteiger partial charge in [0.15, 0.2) is 5.82 Å². The number of hydrogen-bond donors (Lipinski definition) is 1. The Labute approximate surface area is 83.6 Å². The van der Waals surface area contributed by atoms with E-state index in [2.05, 4.69) is 14.7 Å². The smallest absolute Gasteiger partial charge is 0.329 e. The Morgan fingerprint density at radius 3 is 2.40 bits per heavy atom. The van der Waals surface area contributed by atoms with Crippen LogP contribution in [-0.4, -0.2) is 10.1 Å². The van der Waals surface area contributed by atoms with Crippen molar-refractivity contribution in [2.75, 3.05) is 0 Å². The van der Waals surface area contributed by atoms with Gasteiger partial charge in [-0.15, -0.1) is 0 Å². The average molecular weight is 221 g/mol. The summed E-state index contributed by atoms with van der Waals surface area (Å²) in [7, 11) is 0. The summed E-state index contributed by atoms with van der Waals surface area (Å²) in [6, 6.07) is 0. The van der Waals surface area contributed by atoms with Crippen molar-refractivity contribution in [3.8, 4) is 0 Å². The van der Waals surface area contributed by atoms with Crippen molar-refractivity contribution in [1.29, 1.82) is 0 Å². The van der Waals surface area contributed by atoms with Gasteiger partial charge in [-0.3, -0.25) is 0 Å². The first-order valence-electron chi connectivity index (χ1n) is 4.52. The van der Waals surface area contributed by atoms with E-state index in [1.807, 2.05) is 0 Å². The molecule has 7 heteroatoms. The maximum atomic E-state index is 12.2. The largest absolute Gasteiger partial charge is 0.471 e. The second-order valence-electron chi connectivity index (χ2n) is 3.98. The van der Waals surface area contributed by atoms with E-state index >= 15 is 0 Å². The van der Waals surface area contributed by atoms with Gasteiger partial charge in [0.25, 0.3) is 0 Å². The third kappa shape index (κ3) is 1.83. The average Bonchev–Trinajstić information content (AvgIpc) is 2.80. The van der Waals surface area contributed by atoms with Crippen molar-refractivity contribution in [3.63, 3.8) is 0 Å². The minimum atomic E-state index is -4.61. The van der Waals surface area contributed by atoms with Gasteiger partial charge in [0.1, 0.15) is 0 Å². The zero-order chi connectivity index (χ0) is 11.3. The Hall–Kier alpha value is -1.11. The van der Waals surface area contributed by atoms with Crippen LogP contribution in [0.3, 0.4) is 0 Å². The Morgan fingerprint density at radius 2 is 2.00 bits per heavy atom. The van der Waals surface area contributed by atoms with Gasteiger partial charge in [-0.25, -0.2) is 0 Å². The molecular weight excluding hydrogens is 211 g/mol. The molecule has 2 rings (SSSR count). The standard InChI is InChI=1S/C8H10F3N3O/c1-7(12,4-2-3-4)5-13-6(15-14-5)8(9,10)11/h4H,2-3,12H2,1H3. The van der Waals surface area contributed by atoms with Crippen molar-refractivity contribution >= 4 is 0 Å². The molecule has 1 atom stereocenters. The quantitative estimate of drug-likeness (QED) is 0.824. The van der Waals surface area contributed by atoms with Gasteiger partial charge in [-0.1, -0.05) is 5.16 Å². The highest BCUT2D eigenvalue weighted by atomic mass is 19.4. The minimum Gasteiger partial charge on any atom is -0.329 e. The number of hydrogen-bond acceptors (Lipinski definition) is 4. The van der Waals surface area contributed by atoms with Crippen molar-refractivity contribution < 1.29 is 17.7 Å². The molecule has 1 aromatic heterocycles. The van der Waals surface area contributed by atoms with Gasteiger partial charge >= 0.3 is 12.1 Å². The lowest BCUT2D eigenvalue weighted by atomic mass is 9.97. The zero-order valence-corrected chi connectivity index (χ0v) is 8.01. The molecule has 0 radical (unpaired) electrons. The number of alkyl halides is 3. The van der Waals surface area contributed by atoms with Crippen LogP contribution < -0.4 is 5.73 Å². The zero-order valence-electron chi connectivity index (χ0n) is 8.01. The molecule has 1 saturated carbocycles. The summed E-state index contributed by atoms with van der Waals surface area (Å²) in [5.74, 6) is -1.26. The monoisotopic (exact) mass is 221 g/mol. The van der Waals surface area contributed by atoms with Crippen LogP contribution in [0.25, 0.3) is 0 Å². The van der Waals surface area contributed by atoms with Crippen LogP contribution in [0.1, 0.15) is 31.5 Å². The van der Waals surface area contributed by atoms with E-state index in [0.29, 0.717) is 0 Å². The van der Waals surface area contributed by atoms with Crippen LogP contribution in [0.2, 0.25) is 0 Å². The van der Waals surface area contributed by atoms with Crippen molar-refractivity contribution in [1.82, 2.24) is 10.1 Å². The van der Waals surface area contributed by atoms with E-state index in [4.69, 9.17) is 5.73 Å². The predicted octanol–water partition coefficient (Wildman–Crippen LogP) is 1.67. The van der Waals surface area contributed by atoms with E-state index in [9.17, 15) is 13.2 Å². The van der Waals surface area contributed by atoms with E-state index in [0.717, 1.165) is 12.8 Å². The van der Waals surface area contributed by atoms with Crippen molar-refractivity contribution in [2.45, 2.75) is 31.5 Å². The molecule has 1 heterocycles. The van der Waals surface area contributed by atoms with E-state index in [1.165, 1.54) is 0 Å². The molecule has 0 spiro atoms. The molecule has 0 aliphatic heterocycles. The van der Waals surface area contributed by atoms with E-state index in [1.54, 1.807) is 6.92 Å². The first-order chi connectivity index (χ1) is 6.82. The number of halogens is 3. The van der Waals surface area contributed by atoms with Gasteiger partial charge in [0.2, 0.25) is 0 Å². The molecule has 1 unspecified atom stereocenters. The first-order valence-corrected chi connectivity index (χ1v) is 4.52. The fourth-order valence-corrected chi connectivity index (χ4v) is 1.42. The van der Waals surface area contributed by atoms with Crippen LogP contribution >= 0.6 is 0 Å². The topological polar surface area (TPSA) is 64.9 Å². The number of nitrogens with two attached hydrogens (primary N) is 1. The minimum absolute atomic E-state index is 0.0719. The van der Waals surface area contributed by atoms with Crippen molar-refractivity contribution in [3.05, 3.63) is 11.7 Å². The first kappa shape index (κ1) is 10.4.